The summed E-state index contributed by atoms with van der Waals surface area (Å²) in [5.74, 6) is -10.4. The molecule has 8 heteroatoms. The maximum absolute atomic E-state index is 13.5. The van der Waals surface area contributed by atoms with Crippen LogP contribution >= 0.6 is 0 Å². The van der Waals surface area contributed by atoms with Gasteiger partial charge in [-0.15, -0.1) is 0 Å². The zero-order valence-corrected chi connectivity index (χ0v) is 10.9. The van der Waals surface area contributed by atoms with E-state index in [1.54, 1.807) is 13.1 Å². The summed E-state index contributed by atoms with van der Waals surface area (Å²) in [6.07, 6.45) is -0.376. The molecule has 1 N–H and O–H groups in total. The van der Waals surface area contributed by atoms with Crippen LogP contribution in [0.1, 0.15) is 23.8 Å². The van der Waals surface area contributed by atoms with E-state index in [2.05, 4.69) is 5.10 Å². The Morgan fingerprint density at radius 1 is 1.05 bits per heavy atom. The zero-order chi connectivity index (χ0) is 15.7. The molecule has 21 heavy (non-hydrogen) atoms. The molecule has 0 aliphatic carbocycles. The molecular weight excluding hydrogens is 295 g/mol. The van der Waals surface area contributed by atoms with Gasteiger partial charge in [0, 0.05) is 18.9 Å². The summed E-state index contributed by atoms with van der Waals surface area (Å²) >= 11 is 0. The Kier molecular flexibility index (Phi) is 4.26. The molecule has 1 heterocycles. The second-order valence-electron chi connectivity index (χ2n) is 4.48. The molecule has 1 aromatic carbocycles. The van der Waals surface area contributed by atoms with Crippen molar-refractivity contribution >= 4 is 0 Å². The fraction of sp³-hybridized carbons (Fsp3) is 0.308. The quantitative estimate of drug-likeness (QED) is 0.536. The average molecular weight is 306 g/mol. The van der Waals surface area contributed by atoms with Gasteiger partial charge >= 0.3 is 0 Å². The van der Waals surface area contributed by atoms with Gasteiger partial charge in [-0.1, -0.05) is 0 Å². The molecule has 0 aliphatic heterocycles. The number of aromatic nitrogens is 2. The third-order valence-corrected chi connectivity index (χ3v) is 3.17. The summed E-state index contributed by atoms with van der Waals surface area (Å²) in [4.78, 5) is 0. The molecule has 0 spiro atoms. The zero-order valence-electron chi connectivity index (χ0n) is 10.9. The van der Waals surface area contributed by atoms with Crippen LogP contribution in [-0.4, -0.2) is 14.9 Å². The second-order valence-corrected chi connectivity index (χ2v) is 4.48. The van der Waals surface area contributed by atoms with E-state index in [-0.39, 0.29) is 12.8 Å². The second kappa shape index (κ2) is 5.80. The minimum absolute atomic E-state index is 0.164. The van der Waals surface area contributed by atoms with Crippen molar-refractivity contribution in [2.75, 3.05) is 0 Å². The van der Waals surface area contributed by atoms with Gasteiger partial charge in [0.05, 0.1) is 11.7 Å². The Labute approximate surface area is 116 Å². The normalized spacial score (nSPS) is 12.7. The molecule has 2 rings (SSSR count). The molecule has 0 saturated heterocycles. The highest BCUT2D eigenvalue weighted by molar-refractivity contribution is 5.26. The van der Waals surface area contributed by atoms with Gasteiger partial charge in [0.15, 0.2) is 23.3 Å². The first-order chi connectivity index (χ1) is 9.84. The first-order valence-corrected chi connectivity index (χ1v) is 6.00. The van der Waals surface area contributed by atoms with E-state index in [9.17, 15) is 27.1 Å². The van der Waals surface area contributed by atoms with Crippen LogP contribution in [0, 0.1) is 29.1 Å². The van der Waals surface area contributed by atoms with Crippen LogP contribution in [0.25, 0.3) is 0 Å². The Morgan fingerprint density at radius 3 is 2.05 bits per heavy atom. The number of rotatable bonds is 4. The highest BCUT2D eigenvalue weighted by Gasteiger charge is 2.29. The van der Waals surface area contributed by atoms with Gasteiger partial charge < -0.3 is 5.11 Å². The van der Waals surface area contributed by atoms with Crippen molar-refractivity contribution in [2.45, 2.75) is 18.9 Å². The van der Waals surface area contributed by atoms with Crippen LogP contribution < -0.4 is 0 Å². The number of hydrogen-bond donors (Lipinski definition) is 1. The van der Waals surface area contributed by atoms with Crippen LogP contribution in [0.3, 0.4) is 0 Å². The molecule has 2 aromatic rings. The van der Waals surface area contributed by atoms with Gasteiger partial charge in [0.2, 0.25) is 5.82 Å². The van der Waals surface area contributed by atoms with E-state index in [0.29, 0.717) is 5.69 Å². The molecule has 114 valence electrons. The van der Waals surface area contributed by atoms with Gasteiger partial charge in [0.25, 0.3) is 0 Å². The van der Waals surface area contributed by atoms with E-state index < -0.39 is 40.8 Å². The Hall–Kier alpha value is -1.96. The third kappa shape index (κ3) is 2.76. The largest absolute Gasteiger partial charge is 0.388 e. The topological polar surface area (TPSA) is 38.0 Å². The molecular formula is C13H11F5N2O. The third-order valence-electron chi connectivity index (χ3n) is 3.17. The molecule has 1 atom stereocenters. The number of halogens is 5. The summed E-state index contributed by atoms with van der Waals surface area (Å²) < 4.78 is 67.5. The van der Waals surface area contributed by atoms with Gasteiger partial charge in [-0.2, -0.15) is 5.10 Å². The fourth-order valence-corrected chi connectivity index (χ4v) is 1.99. The molecule has 1 unspecified atom stereocenters. The van der Waals surface area contributed by atoms with Crippen molar-refractivity contribution in [2.24, 2.45) is 7.05 Å². The summed E-state index contributed by atoms with van der Waals surface area (Å²) in [5.41, 5.74) is -0.563. The van der Waals surface area contributed by atoms with Crippen LogP contribution in [0.5, 0.6) is 0 Å². The number of benzene rings is 1. The molecule has 1 aromatic heterocycles. The Bertz CT molecular complexity index is 642. The van der Waals surface area contributed by atoms with Crippen molar-refractivity contribution in [3.63, 3.8) is 0 Å². The number of hydrogen-bond acceptors (Lipinski definition) is 2. The van der Waals surface area contributed by atoms with Crippen molar-refractivity contribution in [1.82, 2.24) is 9.78 Å². The summed E-state index contributed by atoms with van der Waals surface area (Å²) in [6, 6.07) is 1.62. The monoisotopic (exact) mass is 306 g/mol. The van der Waals surface area contributed by atoms with E-state index in [0.717, 1.165) is 0 Å². The highest BCUT2D eigenvalue weighted by Crippen LogP contribution is 2.29. The fourth-order valence-electron chi connectivity index (χ4n) is 1.99. The van der Waals surface area contributed by atoms with Gasteiger partial charge in [-0.05, 0) is 18.9 Å². The number of aliphatic hydroxyl groups excluding tert-OH is 1. The SMILES string of the molecule is Cn1nccc1CCC(O)c1c(F)c(F)c(F)c(F)c1F. The smallest absolute Gasteiger partial charge is 0.200 e. The molecule has 3 nitrogen and oxygen atoms in total. The molecule has 0 aliphatic rings. The average Bonchev–Trinajstić information content (AvgIpc) is 2.86. The summed E-state index contributed by atoms with van der Waals surface area (Å²) in [7, 11) is 1.63. The number of aryl methyl sites for hydroxylation is 2. The Morgan fingerprint density at radius 2 is 1.57 bits per heavy atom. The first kappa shape index (κ1) is 15.4. The lowest BCUT2D eigenvalue weighted by Gasteiger charge is -2.14. The lowest BCUT2D eigenvalue weighted by atomic mass is 10.0. The van der Waals surface area contributed by atoms with Crippen molar-refractivity contribution in [1.29, 1.82) is 0 Å². The Balaban J connectivity index is 2.27. The van der Waals surface area contributed by atoms with Crippen molar-refractivity contribution in [3.8, 4) is 0 Å². The van der Waals surface area contributed by atoms with E-state index >= 15 is 0 Å². The number of aliphatic hydroxyl groups is 1. The van der Waals surface area contributed by atoms with Crippen LogP contribution in [0.15, 0.2) is 12.3 Å². The van der Waals surface area contributed by atoms with Crippen molar-refractivity contribution in [3.05, 3.63) is 52.6 Å². The molecule has 0 saturated carbocycles. The van der Waals surface area contributed by atoms with Crippen LogP contribution in [-0.2, 0) is 13.5 Å². The van der Waals surface area contributed by atoms with E-state index in [4.69, 9.17) is 0 Å². The minimum Gasteiger partial charge on any atom is -0.388 e. The summed E-state index contributed by atoms with van der Waals surface area (Å²) in [6.45, 7) is 0. The molecule has 0 bridgehead atoms. The molecule has 0 fully saturated rings. The van der Waals surface area contributed by atoms with Gasteiger partial charge in [0.1, 0.15) is 0 Å². The van der Waals surface area contributed by atoms with Crippen LogP contribution in [0.2, 0.25) is 0 Å². The lowest BCUT2D eigenvalue weighted by molar-refractivity contribution is 0.153. The molecule has 0 radical (unpaired) electrons. The minimum atomic E-state index is -2.24. The molecule has 0 amide bonds. The van der Waals surface area contributed by atoms with E-state index in [1.807, 2.05) is 0 Å². The summed E-state index contributed by atoms with van der Waals surface area (Å²) in [5, 5.41) is 13.6. The van der Waals surface area contributed by atoms with E-state index in [1.165, 1.54) is 10.9 Å². The maximum atomic E-state index is 13.5. The standard InChI is InChI=1S/C13H11F5N2O/c1-20-6(4-5-19-20)2-3-7(21)8-9(14)11(16)13(18)12(17)10(8)15/h4-5,7,21H,2-3H2,1H3. The first-order valence-electron chi connectivity index (χ1n) is 6.00. The predicted molar refractivity (Wildman–Crippen MR) is 62.7 cm³/mol. The highest BCUT2D eigenvalue weighted by atomic mass is 19.2. The lowest BCUT2D eigenvalue weighted by Crippen LogP contribution is -2.12. The van der Waals surface area contributed by atoms with Crippen LogP contribution in [0.4, 0.5) is 22.0 Å². The number of nitrogens with zero attached hydrogens (tertiary/aromatic N) is 2. The van der Waals surface area contributed by atoms with Gasteiger partial charge in [-0.25, -0.2) is 22.0 Å². The van der Waals surface area contributed by atoms with Crippen molar-refractivity contribution < 1.29 is 27.1 Å². The van der Waals surface area contributed by atoms with Gasteiger partial charge in [-0.3, -0.25) is 4.68 Å². The maximum Gasteiger partial charge on any atom is 0.200 e. The predicted octanol–water partition coefficient (Wildman–Crippen LogP) is 2.78.